The maximum atomic E-state index is 13.1. The summed E-state index contributed by atoms with van der Waals surface area (Å²) < 4.78 is 13.1. The first-order valence-corrected chi connectivity index (χ1v) is 9.81. The first kappa shape index (κ1) is 16.2. The highest BCUT2D eigenvalue weighted by atomic mass is 19.1. The Morgan fingerprint density at radius 2 is 1.65 bits per heavy atom. The number of benzene rings is 1. The van der Waals surface area contributed by atoms with Gasteiger partial charge in [0.15, 0.2) is 5.82 Å². The minimum Gasteiger partial charge on any atom is -0.341 e. The van der Waals surface area contributed by atoms with Crippen LogP contribution in [0, 0.1) is 5.82 Å². The fourth-order valence-corrected chi connectivity index (χ4v) is 5.32. The molecule has 0 N–H and O–H groups in total. The molecule has 1 aromatic heterocycles. The van der Waals surface area contributed by atoms with Gasteiger partial charge < -0.3 is 4.90 Å². The van der Waals surface area contributed by atoms with Crippen LogP contribution in [0.25, 0.3) is 0 Å². The number of fused-ring (bicyclic) bond motifs is 2. The van der Waals surface area contributed by atoms with Crippen LogP contribution in [0.15, 0.2) is 36.7 Å². The van der Waals surface area contributed by atoms with Crippen LogP contribution in [0.5, 0.6) is 0 Å². The molecule has 136 valence electrons. The van der Waals surface area contributed by atoms with E-state index < -0.39 is 0 Å². The summed E-state index contributed by atoms with van der Waals surface area (Å²) in [7, 11) is 0. The molecule has 3 aliphatic rings. The predicted molar refractivity (Wildman–Crippen MR) is 99.7 cm³/mol. The second kappa shape index (κ2) is 6.31. The topological polar surface area (TPSA) is 32.3 Å². The Morgan fingerprint density at radius 1 is 0.962 bits per heavy atom. The molecule has 1 unspecified atom stereocenters. The van der Waals surface area contributed by atoms with E-state index >= 15 is 0 Å². The lowest BCUT2D eigenvalue weighted by Crippen LogP contribution is -2.42. The molecule has 1 aromatic carbocycles. The van der Waals surface area contributed by atoms with Gasteiger partial charge in [0.05, 0.1) is 12.4 Å². The van der Waals surface area contributed by atoms with Crippen LogP contribution in [0.4, 0.5) is 10.3 Å². The number of anilines is 1. The highest BCUT2D eigenvalue weighted by Gasteiger charge is 2.47. The van der Waals surface area contributed by atoms with Gasteiger partial charge in [-0.15, -0.1) is 0 Å². The molecule has 4 nitrogen and oxygen atoms in total. The summed E-state index contributed by atoms with van der Waals surface area (Å²) in [5.41, 5.74) is 3.40. The average Bonchev–Trinajstić information content (AvgIpc) is 3.31. The zero-order chi connectivity index (χ0) is 17.6. The summed E-state index contributed by atoms with van der Waals surface area (Å²) in [6.07, 6.45) is 8.68. The lowest BCUT2D eigenvalue weighted by Gasteiger charge is -2.40. The van der Waals surface area contributed by atoms with E-state index in [1.54, 1.807) is 11.1 Å². The summed E-state index contributed by atoms with van der Waals surface area (Å²) in [6, 6.07) is 9.69. The van der Waals surface area contributed by atoms with Gasteiger partial charge in [-0.2, -0.15) is 0 Å². The van der Waals surface area contributed by atoms with E-state index in [-0.39, 0.29) is 11.2 Å². The van der Waals surface area contributed by atoms with E-state index in [0.29, 0.717) is 12.0 Å². The molecule has 26 heavy (non-hydrogen) atoms. The largest absolute Gasteiger partial charge is 0.341 e. The van der Waals surface area contributed by atoms with E-state index in [4.69, 9.17) is 0 Å². The van der Waals surface area contributed by atoms with E-state index in [0.717, 1.165) is 25.9 Å². The molecule has 0 amide bonds. The van der Waals surface area contributed by atoms with Crippen molar-refractivity contribution in [2.45, 2.75) is 43.6 Å². The molecule has 5 heteroatoms. The van der Waals surface area contributed by atoms with Gasteiger partial charge in [0.1, 0.15) is 0 Å². The number of aromatic nitrogens is 2. The van der Waals surface area contributed by atoms with Crippen LogP contribution in [-0.2, 0) is 5.41 Å². The van der Waals surface area contributed by atoms with Gasteiger partial charge in [0.25, 0.3) is 0 Å². The Hall–Kier alpha value is -2.01. The van der Waals surface area contributed by atoms with Crippen LogP contribution < -0.4 is 4.90 Å². The highest BCUT2D eigenvalue weighted by Crippen LogP contribution is 2.53. The smallest absolute Gasteiger partial charge is 0.225 e. The molecule has 0 saturated carbocycles. The van der Waals surface area contributed by atoms with E-state index in [1.165, 1.54) is 44.7 Å². The number of hydrogen-bond donors (Lipinski definition) is 0. The average molecular weight is 352 g/mol. The van der Waals surface area contributed by atoms with Gasteiger partial charge in [0, 0.05) is 24.5 Å². The Morgan fingerprint density at radius 3 is 2.38 bits per heavy atom. The van der Waals surface area contributed by atoms with E-state index in [2.05, 4.69) is 44.0 Å². The van der Waals surface area contributed by atoms with Gasteiger partial charge in [-0.05, 0) is 56.3 Å². The fraction of sp³-hybridized carbons (Fsp3) is 0.524. The molecule has 0 bridgehead atoms. The van der Waals surface area contributed by atoms with Crippen LogP contribution >= 0.6 is 0 Å². The zero-order valence-electron chi connectivity index (χ0n) is 15.1. The predicted octanol–water partition coefficient (Wildman–Crippen LogP) is 3.69. The van der Waals surface area contributed by atoms with Gasteiger partial charge in [-0.25, -0.2) is 14.4 Å². The second-order valence-corrected chi connectivity index (χ2v) is 8.02. The van der Waals surface area contributed by atoms with Crippen LogP contribution in [0.2, 0.25) is 0 Å². The molecule has 5 rings (SSSR count). The number of likely N-dealkylation sites (tertiary alicyclic amines) is 1. The van der Waals surface area contributed by atoms with Gasteiger partial charge in [-0.1, -0.05) is 24.3 Å². The standard InChI is InChI=1S/C21H25FN4/c22-16-14-23-20(24-15-16)26-11-7-21(8-12-26)13-19(25-9-3-4-10-25)17-5-1-2-6-18(17)21/h1-2,5-6,14-15,19H,3-4,7-13H2. The highest BCUT2D eigenvalue weighted by molar-refractivity contribution is 5.44. The maximum absolute atomic E-state index is 13.1. The molecule has 1 spiro atoms. The first-order valence-electron chi connectivity index (χ1n) is 9.81. The minimum absolute atomic E-state index is 0.278. The number of piperidine rings is 1. The number of hydrogen-bond acceptors (Lipinski definition) is 4. The van der Waals surface area contributed by atoms with Crippen molar-refractivity contribution in [3.05, 3.63) is 53.6 Å². The Balaban J connectivity index is 1.39. The van der Waals surface area contributed by atoms with Crippen molar-refractivity contribution in [1.29, 1.82) is 0 Å². The SMILES string of the molecule is Fc1cnc(N2CCC3(CC2)CC(N2CCCC2)c2ccccc23)nc1. The van der Waals surface area contributed by atoms with Crippen LogP contribution in [0.3, 0.4) is 0 Å². The molecule has 2 saturated heterocycles. The summed E-state index contributed by atoms with van der Waals surface area (Å²) in [4.78, 5) is 13.2. The van der Waals surface area contributed by atoms with Crippen molar-refractivity contribution in [3.8, 4) is 0 Å². The third-order valence-electron chi connectivity index (χ3n) is 6.67. The maximum Gasteiger partial charge on any atom is 0.225 e. The summed E-state index contributed by atoms with van der Waals surface area (Å²) in [5.74, 6) is 0.282. The summed E-state index contributed by atoms with van der Waals surface area (Å²) in [5, 5.41) is 0. The Kier molecular flexibility index (Phi) is 3.92. The lowest BCUT2D eigenvalue weighted by atomic mass is 9.73. The van der Waals surface area contributed by atoms with E-state index in [9.17, 15) is 4.39 Å². The van der Waals surface area contributed by atoms with Crippen molar-refractivity contribution in [1.82, 2.24) is 14.9 Å². The normalized spacial score (nSPS) is 25.0. The number of nitrogens with zero attached hydrogens (tertiary/aromatic N) is 4. The Labute approximate surface area is 154 Å². The molecule has 2 fully saturated rings. The van der Waals surface area contributed by atoms with Crippen molar-refractivity contribution < 1.29 is 4.39 Å². The molecule has 3 heterocycles. The molecule has 2 aromatic rings. The first-order chi connectivity index (χ1) is 12.8. The van der Waals surface area contributed by atoms with E-state index in [1.807, 2.05) is 0 Å². The zero-order valence-corrected chi connectivity index (χ0v) is 15.1. The molecular formula is C21H25FN4. The van der Waals surface area contributed by atoms with Gasteiger partial charge in [-0.3, -0.25) is 4.90 Å². The molecular weight excluding hydrogens is 327 g/mol. The van der Waals surface area contributed by atoms with Crippen molar-refractivity contribution in [2.24, 2.45) is 0 Å². The monoisotopic (exact) mass is 352 g/mol. The number of rotatable bonds is 2. The summed E-state index contributed by atoms with van der Waals surface area (Å²) >= 11 is 0. The second-order valence-electron chi connectivity index (χ2n) is 8.02. The Bertz CT molecular complexity index is 777. The molecule has 2 aliphatic heterocycles. The van der Waals surface area contributed by atoms with Gasteiger partial charge in [0.2, 0.25) is 5.95 Å². The lowest BCUT2D eigenvalue weighted by molar-refractivity contribution is 0.199. The summed E-state index contributed by atoms with van der Waals surface area (Å²) in [6.45, 7) is 4.36. The fourth-order valence-electron chi connectivity index (χ4n) is 5.32. The van der Waals surface area contributed by atoms with Crippen molar-refractivity contribution in [3.63, 3.8) is 0 Å². The van der Waals surface area contributed by atoms with Crippen LogP contribution in [0.1, 0.15) is 49.3 Å². The van der Waals surface area contributed by atoms with Crippen molar-refractivity contribution in [2.75, 3.05) is 31.1 Å². The third kappa shape index (κ3) is 2.60. The quantitative estimate of drug-likeness (QED) is 0.825. The third-order valence-corrected chi connectivity index (χ3v) is 6.67. The molecule has 1 aliphatic carbocycles. The van der Waals surface area contributed by atoms with Crippen LogP contribution in [-0.4, -0.2) is 41.0 Å². The van der Waals surface area contributed by atoms with Crippen molar-refractivity contribution >= 4 is 5.95 Å². The number of halogens is 1. The molecule has 1 atom stereocenters. The van der Waals surface area contributed by atoms with Gasteiger partial charge >= 0.3 is 0 Å². The molecule has 0 radical (unpaired) electrons. The minimum atomic E-state index is -0.375.